The van der Waals surface area contributed by atoms with Gasteiger partial charge in [-0.25, -0.2) is 9.78 Å². The maximum absolute atomic E-state index is 12.9. The molecular formula is C27H29F3N2O4. The summed E-state index contributed by atoms with van der Waals surface area (Å²) in [5, 5.41) is 19.5. The Bertz CT molecular complexity index is 1190. The molecule has 0 saturated carbocycles. The molecule has 0 bridgehead atoms. The van der Waals surface area contributed by atoms with Crippen LogP contribution in [0.25, 0.3) is 11.4 Å². The first kappa shape index (κ1) is 27.0. The summed E-state index contributed by atoms with van der Waals surface area (Å²) in [7, 11) is 0. The second kappa shape index (κ2) is 11.4. The van der Waals surface area contributed by atoms with Crippen LogP contribution in [0, 0.1) is 6.92 Å². The number of hydrogen-bond donors (Lipinski definition) is 2. The molecule has 0 aliphatic carbocycles. The topological polar surface area (TPSA) is 84.6 Å². The number of halogens is 3. The molecule has 2 aromatic carbocycles. The molecule has 192 valence electrons. The Hall–Kier alpha value is -3.59. The molecule has 36 heavy (non-hydrogen) atoms. The number of carboxylic acids is 1. The minimum Gasteiger partial charge on any atom is -0.493 e. The van der Waals surface area contributed by atoms with Crippen molar-refractivity contribution in [3.8, 4) is 17.1 Å². The summed E-state index contributed by atoms with van der Waals surface area (Å²) in [6.45, 7) is 6.10. The van der Waals surface area contributed by atoms with Crippen molar-refractivity contribution < 1.29 is 32.9 Å². The number of carboxylic acid groups (broad SMARTS) is 1. The Labute approximate surface area is 207 Å². The number of rotatable bonds is 12. The lowest BCUT2D eigenvalue weighted by molar-refractivity contribution is -0.159. The maximum Gasteiger partial charge on any atom is 0.416 e. The fourth-order valence-electron chi connectivity index (χ4n) is 3.88. The number of unbranched alkanes of at least 4 members (excludes halogenated alkanes) is 1. The molecule has 0 aliphatic rings. The highest BCUT2D eigenvalue weighted by molar-refractivity contribution is 5.77. The number of ether oxygens (including phenoxy) is 1. The van der Waals surface area contributed by atoms with E-state index < -0.39 is 23.3 Å². The molecule has 0 fully saturated rings. The summed E-state index contributed by atoms with van der Waals surface area (Å²) in [5.74, 6) is -0.0806. The average Bonchev–Trinajstić information content (AvgIpc) is 3.19. The largest absolute Gasteiger partial charge is 0.493 e. The van der Waals surface area contributed by atoms with Gasteiger partial charge in [-0.15, -0.1) is 6.58 Å². The summed E-state index contributed by atoms with van der Waals surface area (Å²) in [4.78, 5) is 15.7. The fraction of sp³-hybridized carbons (Fsp3) is 0.333. The number of aliphatic carboxylic acids is 1. The van der Waals surface area contributed by atoms with Gasteiger partial charge in [0.2, 0.25) is 0 Å². The van der Waals surface area contributed by atoms with Crippen LogP contribution in [-0.2, 0) is 17.5 Å². The number of benzene rings is 2. The van der Waals surface area contributed by atoms with Crippen LogP contribution >= 0.6 is 0 Å². The minimum atomic E-state index is -4.40. The summed E-state index contributed by atoms with van der Waals surface area (Å²) >= 11 is 0. The quantitative estimate of drug-likeness (QED) is 0.239. The van der Waals surface area contributed by atoms with Gasteiger partial charge in [0.1, 0.15) is 11.6 Å². The number of para-hydroxylation sites is 1. The smallest absolute Gasteiger partial charge is 0.416 e. The van der Waals surface area contributed by atoms with Crippen LogP contribution in [0.5, 0.6) is 5.75 Å². The van der Waals surface area contributed by atoms with E-state index in [0.717, 1.165) is 23.4 Å². The third kappa shape index (κ3) is 6.54. The van der Waals surface area contributed by atoms with E-state index in [1.54, 1.807) is 6.20 Å². The number of nitrogens with zero attached hydrogens (tertiary/aromatic N) is 2. The van der Waals surface area contributed by atoms with Gasteiger partial charge in [-0.05, 0) is 44.4 Å². The van der Waals surface area contributed by atoms with Crippen LogP contribution in [0.3, 0.4) is 0 Å². The average molecular weight is 503 g/mol. The summed E-state index contributed by atoms with van der Waals surface area (Å²) in [6, 6.07) is 12.3. The van der Waals surface area contributed by atoms with E-state index in [9.17, 15) is 28.2 Å². The van der Waals surface area contributed by atoms with Crippen molar-refractivity contribution in [3.63, 3.8) is 0 Å². The second-order valence-electron chi connectivity index (χ2n) is 8.63. The molecule has 0 spiro atoms. The first-order chi connectivity index (χ1) is 17.0. The van der Waals surface area contributed by atoms with Gasteiger partial charge in [-0.3, -0.25) is 0 Å². The monoisotopic (exact) mass is 502 g/mol. The number of aliphatic hydroxyl groups is 1. The number of alkyl halides is 3. The van der Waals surface area contributed by atoms with Crippen molar-refractivity contribution >= 4 is 5.97 Å². The Morgan fingerprint density at radius 2 is 1.83 bits per heavy atom. The van der Waals surface area contributed by atoms with E-state index >= 15 is 0 Å². The van der Waals surface area contributed by atoms with Crippen molar-refractivity contribution in [2.45, 2.75) is 50.9 Å². The van der Waals surface area contributed by atoms with Crippen molar-refractivity contribution in [1.29, 1.82) is 0 Å². The second-order valence-corrected chi connectivity index (χ2v) is 8.63. The lowest BCUT2D eigenvalue weighted by Gasteiger charge is -2.21. The summed E-state index contributed by atoms with van der Waals surface area (Å²) in [6.07, 6.45) is -0.291. The molecule has 0 aliphatic heterocycles. The van der Waals surface area contributed by atoms with Crippen molar-refractivity contribution in [3.05, 3.63) is 84.2 Å². The SMILES string of the molecule is C=CCC(O)(CCCCOc1ccccc1Cn1c(C)cnc1-c1ccc(C(F)(F)F)cc1)C(=O)O. The molecule has 3 rings (SSSR count). The van der Waals surface area contributed by atoms with E-state index in [-0.39, 0.29) is 12.8 Å². The van der Waals surface area contributed by atoms with Crippen molar-refractivity contribution in [1.82, 2.24) is 9.55 Å². The number of carbonyl (C=O) groups is 1. The lowest BCUT2D eigenvalue weighted by Crippen LogP contribution is -2.37. The van der Waals surface area contributed by atoms with Gasteiger partial charge in [0.15, 0.2) is 5.60 Å². The van der Waals surface area contributed by atoms with Gasteiger partial charge in [-0.2, -0.15) is 13.2 Å². The van der Waals surface area contributed by atoms with Crippen LogP contribution in [0.2, 0.25) is 0 Å². The van der Waals surface area contributed by atoms with Crippen LogP contribution < -0.4 is 4.74 Å². The molecular weight excluding hydrogens is 473 g/mol. The first-order valence-corrected chi connectivity index (χ1v) is 11.5. The van der Waals surface area contributed by atoms with E-state index in [1.165, 1.54) is 18.2 Å². The molecule has 1 unspecified atom stereocenters. The predicted octanol–water partition coefficient (Wildman–Crippen LogP) is 5.87. The summed E-state index contributed by atoms with van der Waals surface area (Å²) in [5.41, 5.74) is -0.269. The molecule has 6 nitrogen and oxygen atoms in total. The van der Waals surface area contributed by atoms with Crippen LogP contribution in [-0.4, -0.2) is 37.9 Å². The molecule has 1 heterocycles. The molecule has 3 aromatic rings. The Kier molecular flexibility index (Phi) is 8.57. The fourth-order valence-corrected chi connectivity index (χ4v) is 3.88. The Balaban J connectivity index is 1.68. The zero-order valence-electron chi connectivity index (χ0n) is 20.0. The van der Waals surface area contributed by atoms with Crippen LogP contribution in [0.4, 0.5) is 13.2 Å². The molecule has 9 heteroatoms. The molecule has 0 amide bonds. The third-order valence-electron chi connectivity index (χ3n) is 5.95. The minimum absolute atomic E-state index is 0.0302. The predicted molar refractivity (Wildman–Crippen MR) is 130 cm³/mol. The van der Waals surface area contributed by atoms with Crippen LogP contribution in [0.1, 0.15) is 42.5 Å². The van der Waals surface area contributed by atoms with Gasteiger partial charge in [-0.1, -0.05) is 36.4 Å². The van der Waals surface area contributed by atoms with Crippen molar-refractivity contribution in [2.75, 3.05) is 6.61 Å². The highest BCUT2D eigenvalue weighted by atomic mass is 19.4. The maximum atomic E-state index is 12.9. The van der Waals surface area contributed by atoms with Crippen molar-refractivity contribution in [2.24, 2.45) is 0 Å². The Morgan fingerprint density at radius 3 is 2.47 bits per heavy atom. The Morgan fingerprint density at radius 1 is 1.14 bits per heavy atom. The highest BCUT2D eigenvalue weighted by Gasteiger charge is 2.33. The third-order valence-corrected chi connectivity index (χ3v) is 5.95. The standard InChI is InChI=1S/C27H29F3N2O4/c1-3-14-26(35,25(33)34)15-6-7-16-36-23-9-5-4-8-21(23)18-32-19(2)17-31-24(32)20-10-12-22(13-11-20)27(28,29)30/h3-5,8-13,17,35H,1,6-7,14-16,18H2,2H3,(H,33,34). The van der Waals surface area contributed by atoms with E-state index in [4.69, 9.17) is 4.74 Å². The number of aromatic nitrogens is 2. The summed E-state index contributed by atoms with van der Waals surface area (Å²) < 4.78 is 46.7. The van der Waals surface area contributed by atoms with Gasteiger partial charge in [0.05, 0.1) is 18.7 Å². The van der Waals surface area contributed by atoms with E-state index in [0.29, 0.717) is 43.1 Å². The van der Waals surface area contributed by atoms with Gasteiger partial charge >= 0.3 is 12.1 Å². The highest BCUT2D eigenvalue weighted by Crippen LogP contribution is 2.31. The number of imidazole rings is 1. The van der Waals surface area contributed by atoms with Crippen LogP contribution in [0.15, 0.2) is 67.4 Å². The van der Waals surface area contributed by atoms with E-state index in [2.05, 4.69) is 11.6 Å². The van der Waals surface area contributed by atoms with E-state index in [1.807, 2.05) is 35.8 Å². The number of aryl methyl sites for hydroxylation is 1. The van der Waals surface area contributed by atoms with Gasteiger partial charge in [0.25, 0.3) is 0 Å². The first-order valence-electron chi connectivity index (χ1n) is 11.5. The van der Waals surface area contributed by atoms with Gasteiger partial charge < -0.3 is 19.5 Å². The van der Waals surface area contributed by atoms with Gasteiger partial charge in [0, 0.05) is 29.4 Å². The molecule has 2 N–H and O–H groups in total. The molecule has 1 atom stereocenters. The normalized spacial score (nSPS) is 13.2. The lowest BCUT2D eigenvalue weighted by atomic mass is 9.93. The zero-order chi connectivity index (χ0) is 26.3. The zero-order valence-corrected chi connectivity index (χ0v) is 20.0. The number of hydrogen-bond acceptors (Lipinski definition) is 4. The molecule has 1 aromatic heterocycles. The molecule has 0 radical (unpaired) electrons. The molecule has 0 saturated heterocycles.